The first-order valence-electron chi connectivity index (χ1n) is 8.82. The molecule has 1 amide bonds. The van der Waals surface area contributed by atoms with E-state index in [-0.39, 0.29) is 16.5 Å². The molecule has 0 radical (unpaired) electrons. The van der Waals surface area contributed by atoms with Gasteiger partial charge in [-0.25, -0.2) is 9.37 Å². The Morgan fingerprint density at radius 2 is 2.15 bits per heavy atom. The fraction of sp³-hybridized carbons (Fsp3) is 0.300. The van der Waals surface area contributed by atoms with Crippen LogP contribution < -0.4 is 4.74 Å². The number of carbonyl (C=O) groups excluding carboxylic acids is 1. The lowest BCUT2D eigenvalue weighted by atomic mass is 9.89. The Kier molecular flexibility index (Phi) is 4.74. The molecule has 0 unspecified atom stereocenters. The van der Waals surface area contributed by atoms with Crippen molar-refractivity contribution in [2.75, 3.05) is 20.2 Å². The number of ether oxygens (including phenoxy) is 1. The molecule has 0 saturated carbocycles. The summed E-state index contributed by atoms with van der Waals surface area (Å²) in [6, 6.07) is 6.75. The van der Waals surface area contributed by atoms with Crippen molar-refractivity contribution in [1.29, 1.82) is 0 Å². The van der Waals surface area contributed by atoms with E-state index < -0.39 is 5.82 Å². The molecule has 0 aliphatic carbocycles. The number of pyridine rings is 1. The van der Waals surface area contributed by atoms with Crippen LogP contribution in [-0.2, 0) is 0 Å². The Balaban J connectivity index is 1.51. The number of aromatic amines is 1. The van der Waals surface area contributed by atoms with Gasteiger partial charge in [-0.1, -0.05) is 11.6 Å². The molecule has 1 saturated heterocycles. The number of hydrogen-bond acceptors (Lipinski definition) is 3. The van der Waals surface area contributed by atoms with Crippen molar-refractivity contribution in [3.8, 4) is 5.75 Å². The number of benzene rings is 1. The molecule has 1 N–H and O–H groups in total. The second-order valence-electron chi connectivity index (χ2n) is 6.68. The van der Waals surface area contributed by atoms with E-state index in [4.69, 9.17) is 16.3 Å². The van der Waals surface area contributed by atoms with Crippen LogP contribution in [0.4, 0.5) is 4.39 Å². The minimum atomic E-state index is -0.702. The molecule has 27 heavy (non-hydrogen) atoms. The van der Waals surface area contributed by atoms with E-state index in [2.05, 4.69) is 16.0 Å². The highest BCUT2D eigenvalue weighted by molar-refractivity contribution is 6.31. The maximum absolute atomic E-state index is 14.4. The molecular formula is C20H19ClFN3O2. The minimum Gasteiger partial charge on any atom is -0.497 e. The zero-order valence-electron chi connectivity index (χ0n) is 14.8. The molecule has 1 aliphatic heterocycles. The van der Waals surface area contributed by atoms with Gasteiger partial charge in [0.2, 0.25) is 0 Å². The maximum atomic E-state index is 14.4. The molecule has 1 aliphatic rings. The van der Waals surface area contributed by atoms with E-state index in [1.807, 2.05) is 12.3 Å². The summed E-state index contributed by atoms with van der Waals surface area (Å²) < 4.78 is 19.5. The maximum Gasteiger partial charge on any atom is 0.257 e. The van der Waals surface area contributed by atoms with E-state index in [9.17, 15) is 9.18 Å². The van der Waals surface area contributed by atoms with E-state index in [0.717, 1.165) is 23.9 Å². The van der Waals surface area contributed by atoms with Gasteiger partial charge in [-0.05, 0) is 42.5 Å². The third kappa shape index (κ3) is 3.25. The molecule has 3 aromatic rings. The van der Waals surface area contributed by atoms with Crippen LogP contribution in [0.1, 0.15) is 34.7 Å². The SMILES string of the molecule is COc1cc(Cl)c(F)c(C(=O)N2CCC(c3c[nH]c4ncccc34)CC2)c1. The molecule has 2 aromatic heterocycles. The van der Waals surface area contributed by atoms with Gasteiger partial charge in [-0.3, -0.25) is 4.79 Å². The van der Waals surface area contributed by atoms with E-state index in [1.165, 1.54) is 24.8 Å². The predicted molar refractivity (Wildman–Crippen MR) is 102 cm³/mol. The quantitative estimate of drug-likeness (QED) is 0.725. The number of amides is 1. The van der Waals surface area contributed by atoms with Crippen LogP contribution in [0, 0.1) is 5.82 Å². The van der Waals surface area contributed by atoms with Gasteiger partial charge in [-0.15, -0.1) is 0 Å². The van der Waals surface area contributed by atoms with Crippen LogP contribution in [0.25, 0.3) is 11.0 Å². The van der Waals surface area contributed by atoms with E-state index in [1.54, 1.807) is 11.1 Å². The van der Waals surface area contributed by atoms with Crippen LogP contribution >= 0.6 is 11.6 Å². The monoisotopic (exact) mass is 387 g/mol. The highest BCUT2D eigenvalue weighted by Crippen LogP contribution is 2.34. The molecule has 1 aromatic carbocycles. The van der Waals surface area contributed by atoms with Crippen LogP contribution in [0.2, 0.25) is 5.02 Å². The Bertz CT molecular complexity index is 996. The van der Waals surface area contributed by atoms with Gasteiger partial charge in [0.05, 0.1) is 17.7 Å². The predicted octanol–water partition coefficient (Wildman–Crippen LogP) is 4.38. The minimum absolute atomic E-state index is 0.0471. The average Bonchev–Trinajstić information content (AvgIpc) is 3.13. The summed E-state index contributed by atoms with van der Waals surface area (Å²) in [5.41, 5.74) is 2.05. The average molecular weight is 388 g/mol. The number of carbonyl (C=O) groups is 1. The van der Waals surface area contributed by atoms with Gasteiger partial charge in [0, 0.05) is 36.9 Å². The summed E-state index contributed by atoms with van der Waals surface area (Å²) in [4.78, 5) is 22.0. The number of halogens is 2. The fourth-order valence-electron chi connectivity index (χ4n) is 3.72. The summed E-state index contributed by atoms with van der Waals surface area (Å²) in [5, 5.41) is 1.01. The van der Waals surface area contributed by atoms with Crippen molar-refractivity contribution in [1.82, 2.24) is 14.9 Å². The summed E-state index contributed by atoms with van der Waals surface area (Å²) in [7, 11) is 1.46. The third-order valence-corrected chi connectivity index (χ3v) is 5.45. The lowest BCUT2D eigenvalue weighted by Crippen LogP contribution is -2.38. The molecule has 3 heterocycles. The molecule has 0 spiro atoms. The number of methoxy groups -OCH3 is 1. The number of aromatic nitrogens is 2. The smallest absolute Gasteiger partial charge is 0.257 e. The number of rotatable bonds is 3. The van der Waals surface area contributed by atoms with Crippen LogP contribution in [0.5, 0.6) is 5.75 Å². The number of hydrogen-bond donors (Lipinski definition) is 1. The van der Waals surface area contributed by atoms with Crippen molar-refractivity contribution >= 4 is 28.5 Å². The zero-order chi connectivity index (χ0) is 19.0. The molecule has 7 heteroatoms. The summed E-state index contributed by atoms with van der Waals surface area (Å²) in [6.07, 6.45) is 5.39. The van der Waals surface area contributed by atoms with Crippen LogP contribution in [0.15, 0.2) is 36.7 Å². The Morgan fingerprint density at radius 1 is 1.37 bits per heavy atom. The first kappa shape index (κ1) is 17.8. The summed E-state index contributed by atoms with van der Waals surface area (Å²) >= 11 is 5.89. The molecule has 0 atom stereocenters. The Labute approximate surface area is 161 Å². The fourth-order valence-corrected chi connectivity index (χ4v) is 3.93. The molecule has 140 valence electrons. The standard InChI is InChI=1S/C20H19ClFN3O2/c1-27-13-9-15(18(22)17(21)10-13)20(26)25-7-4-12(5-8-25)16-11-24-19-14(16)3-2-6-23-19/h2-3,6,9-12H,4-5,7-8H2,1H3,(H,23,24). The Morgan fingerprint density at radius 3 is 2.89 bits per heavy atom. The highest BCUT2D eigenvalue weighted by Gasteiger charge is 2.28. The molecule has 4 rings (SSSR count). The second kappa shape index (κ2) is 7.19. The lowest BCUT2D eigenvalue weighted by molar-refractivity contribution is 0.0708. The third-order valence-electron chi connectivity index (χ3n) is 5.17. The number of nitrogens with one attached hydrogen (secondary N) is 1. The van der Waals surface area contributed by atoms with Gasteiger partial charge < -0.3 is 14.6 Å². The van der Waals surface area contributed by atoms with E-state index >= 15 is 0 Å². The number of piperidine rings is 1. The molecular weight excluding hydrogens is 369 g/mol. The van der Waals surface area contributed by atoms with Gasteiger partial charge in [0.15, 0.2) is 5.82 Å². The molecule has 1 fully saturated rings. The van der Waals surface area contributed by atoms with Gasteiger partial charge in [0.25, 0.3) is 5.91 Å². The van der Waals surface area contributed by atoms with Crippen molar-refractivity contribution in [2.24, 2.45) is 0 Å². The highest BCUT2D eigenvalue weighted by atomic mass is 35.5. The topological polar surface area (TPSA) is 58.2 Å². The van der Waals surface area contributed by atoms with Crippen molar-refractivity contribution < 1.29 is 13.9 Å². The van der Waals surface area contributed by atoms with Gasteiger partial charge in [0.1, 0.15) is 11.4 Å². The zero-order valence-corrected chi connectivity index (χ0v) is 15.6. The van der Waals surface area contributed by atoms with Crippen molar-refractivity contribution in [3.63, 3.8) is 0 Å². The second-order valence-corrected chi connectivity index (χ2v) is 7.09. The molecule has 5 nitrogen and oxygen atoms in total. The summed E-state index contributed by atoms with van der Waals surface area (Å²) in [5.74, 6) is -0.351. The normalized spacial score (nSPS) is 15.3. The first-order valence-corrected chi connectivity index (χ1v) is 9.20. The van der Waals surface area contributed by atoms with Crippen molar-refractivity contribution in [2.45, 2.75) is 18.8 Å². The lowest BCUT2D eigenvalue weighted by Gasteiger charge is -2.32. The van der Waals surface area contributed by atoms with Crippen molar-refractivity contribution in [3.05, 3.63) is 58.6 Å². The number of likely N-dealkylation sites (tertiary alicyclic amines) is 1. The van der Waals surface area contributed by atoms with E-state index in [0.29, 0.717) is 24.8 Å². The van der Waals surface area contributed by atoms with Crippen LogP contribution in [0.3, 0.4) is 0 Å². The number of nitrogens with zero attached hydrogens (tertiary/aromatic N) is 2. The largest absolute Gasteiger partial charge is 0.497 e. The Hall–Kier alpha value is -2.60. The van der Waals surface area contributed by atoms with Crippen LogP contribution in [-0.4, -0.2) is 41.0 Å². The summed E-state index contributed by atoms with van der Waals surface area (Å²) in [6.45, 7) is 1.12. The molecule has 0 bridgehead atoms. The first-order chi connectivity index (χ1) is 13.1. The van der Waals surface area contributed by atoms with Gasteiger partial charge in [-0.2, -0.15) is 0 Å². The van der Waals surface area contributed by atoms with Gasteiger partial charge >= 0.3 is 0 Å². The number of fused-ring (bicyclic) bond motifs is 1. The number of H-pyrrole nitrogens is 1.